The van der Waals surface area contributed by atoms with Gasteiger partial charge in [-0.3, -0.25) is 0 Å². The van der Waals surface area contributed by atoms with Gasteiger partial charge in [0.15, 0.2) is 4.34 Å². The molecule has 0 spiro atoms. The zero-order valence-electron chi connectivity index (χ0n) is 9.46. The van der Waals surface area contributed by atoms with Gasteiger partial charge < -0.3 is 10.1 Å². The molecule has 0 unspecified atom stereocenters. The summed E-state index contributed by atoms with van der Waals surface area (Å²) in [6.45, 7) is 1.84. The molecule has 0 bridgehead atoms. The number of nitrogens with zero attached hydrogens (tertiary/aromatic N) is 5. The van der Waals surface area contributed by atoms with E-state index in [1.165, 1.54) is 30.4 Å². The summed E-state index contributed by atoms with van der Waals surface area (Å²) in [5.41, 5.74) is 0. The smallest absolute Gasteiger partial charge is 0.321 e. The largest absolute Gasteiger partial charge is 0.467 e. The lowest BCUT2D eigenvalue weighted by Gasteiger charge is -2.03. The van der Waals surface area contributed by atoms with Crippen molar-refractivity contribution in [3.05, 3.63) is 5.82 Å². The number of rotatable bonds is 4. The summed E-state index contributed by atoms with van der Waals surface area (Å²) in [6, 6.07) is 0.271. The highest BCUT2D eigenvalue weighted by Crippen LogP contribution is 2.27. The first-order valence-electron chi connectivity index (χ1n) is 4.67. The topological polar surface area (TPSA) is 85.7 Å². The van der Waals surface area contributed by atoms with E-state index in [-0.39, 0.29) is 6.01 Å². The number of ether oxygens (including phenoxy) is 1. The molecule has 0 aliphatic carbocycles. The third kappa shape index (κ3) is 3.01. The van der Waals surface area contributed by atoms with Crippen LogP contribution >= 0.6 is 23.3 Å². The van der Waals surface area contributed by atoms with Crippen molar-refractivity contribution < 1.29 is 4.74 Å². The third-order valence-corrected chi connectivity index (χ3v) is 3.40. The zero-order chi connectivity index (χ0) is 12.3. The Labute approximate surface area is 106 Å². The van der Waals surface area contributed by atoms with Gasteiger partial charge >= 0.3 is 6.01 Å². The van der Waals surface area contributed by atoms with Gasteiger partial charge in [0.25, 0.3) is 0 Å². The molecule has 90 valence electrons. The van der Waals surface area contributed by atoms with Crippen LogP contribution in [0.4, 0.5) is 5.95 Å². The quantitative estimate of drug-likeness (QED) is 0.888. The van der Waals surface area contributed by atoms with Crippen LogP contribution in [0, 0.1) is 6.92 Å². The Morgan fingerprint density at radius 1 is 1.24 bits per heavy atom. The van der Waals surface area contributed by atoms with Crippen molar-refractivity contribution in [2.45, 2.75) is 16.4 Å². The van der Waals surface area contributed by atoms with Crippen molar-refractivity contribution in [3.63, 3.8) is 0 Å². The molecule has 9 heteroatoms. The predicted octanol–water partition coefficient (Wildman–Crippen LogP) is 1.23. The molecule has 2 aromatic heterocycles. The van der Waals surface area contributed by atoms with Crippen LogP contribution in [-0.2, 0) is 0 Å². The average Bonchev–Trinajstić information content (AvgIpc) is 2.74. The lowest BCUT2D eigenvalue weighted by atomic mass is 10.8. The van der Waals surface area contributed by atoms with Crippen molar-refractivity contribution in [1.82, 2.24) is 24.3 Å². The number of nitrogens with one attached hydrogen (secondary N) is 1. The number of methoxy groups -OCH3 is 1. The second kappa shape index (κ2) is 5.23. The molecule has 1 N–H and O–H groups in total. The van der Waals surface area contributed by atoms with Crippen LogP contribution < -0.4 is 10.1 Å². The highest BCUT2D eigenvalue weighted by molar-refractivity contribution is 8.00. The highest BCUT2D eigenvalue weighted by atomic mass is 32.2. The maximum absolute atomic E-state index is 4.99. The lowest BCUT2D eigenvalue weighted by molar-refractivity contribution is 0.374. The Kier molecular flexibility index (Phi) is 3.69. The number of aromatic nitrogens is 5. The van der Waals surface area contributed by atoms with E-state index in [4.69, 9.17) is 4.74 Å². The normalized spacial score (nSPS) is 10.3. The average molecular weight is 270 g/mol. The van der Waals surface area contributed by atoms with Crippen molar-refractivity contribution in [2.75, 3.05) is 19.5 Å². The predicted molar refractivity (Wildman–Crippen MR) is 64.7 cm³/mol. The van der Waals surface area contributed by atoms with Crippen molar-refractivity contribution in [2.24, 2.45) is 0 Å². The van der Waals surface area contributed by atoms with Crippen LogP contribution in [0.1, 0.15) is 5.82 Å². The molecule has 0 aliphatic rings. The summed E-state index contributed by atoms with van der Waals surface area (Å²) in [7, 11) is 3.25. The zero-order valence-corrected chi connectivity index (χ0v) is 11.1. The van der Waals surface area contributed by atoms with E-state index in [1.807, 2.05) is 6.92 Å². The van der Waals surface area contributed by atoms with Crippen molar-refractivity contribution >= 4 is 29.2 Å². The summed E-state index contributed by atoms with van der Waals surface area (Å²) < 4.78 is 9.87. The van der Waals surface area contributed by atoms with Crippen molar-refractivity contribution in [1.29, 1.82) is 0 Å². The number of anilines is 1. The monoisotopic (exact) mass is 270 g/mol. The molecule has 17 heavy (non-hydrogen) atoms. The molecule has 2 rings (SSSR count). The molecule has 0 aliphatic heterocycles. The minimum atomic E-state index is 0.271. The number of hydrogen-bond donors (Lipinski definition) is 1. The second-order valence-electron chi connectivity index (χ2n) is 2.89. The van der Waals surface area contributed by atoms with Gasteiger partial charge in [-0.15, -0.1) is 0 Å². The van der Waals surface area contributed by atoms with Gasteiger partial charge in [-0.2, -0.15) is 19.3 Å². The van der Waals surface area contributed by atoms with Gasteiger partial charge in [-0.05, 0) is 30.2 Å². The van der Waals surface area contributed by atoms with E-state index in [2.05, 4.69) is 29.6 Å². The van der Waals surface area contributed by atoms with E-state index in [9.17, 15) is 0 Å². The molecule has 2 aromatic rings. The Bertz CT molecular complexity index is 494. The first kappa shape index (κ1) is 12.0. The molecule has 0 amide bonds. The molecule has 0 atom stereocenters. The van der Waals surface area contributed by atoms with Crippen LogP contribution in [0.15, 0.2) is 9.50 Å². The number of hydrogen-bond acceptors (Lipinski definition) is 9. The minimum absolute atomic E-state index is 0.271. The molecule has 0 saturated heterocycles. The molecule has 0 fully saturated rings. The molecular formula is C8H10N6OS2. The molecule has 0 radical (unpaired) electrons. The summed E-state index contributed by atoms with van der Waals surface area (Å²) in [5, 5.41) is 3.37. The highest BCUT2D eigenvalue weighted by Gasteiger charge is 2.10. The Morgan fingerprint density at radius 3 is 2.65 bits per heavy atom. The minimum Gasteiger partial charge on any atom is -0.467 e. The van der Waals surface area contributed by atoms with E-state index in [1.54, 1.807) is 7.05 Å². The van der Waals surface area contributed by atoms with Gasteiger partial charge in [0.05, 0.1) is 7.11 Å². The molecule has 0 aromatic carbocycles. The first-order valence-corrected chi connectivity index (χ1v) is 6.26. The lowest BCUT2D eigenvalue weighted by Crippen LogP contribution is -2.02. The Morgan fingerprint density at radius 2 is 2.06 bits per heavy atom. The fourth-order valence-corrected chi connectivity index (χ4v) is 2.48. The Hall–Kier alpha value is -1.48. The van der Waals surface area contributed by atoms with Crippen LogP contribution in [0.25, 0.3) is 0 Å². The third-order valence-electron chi connectivity index (χ3n) is 1.69. The summed E-state index contributed by atoms with van der Waals surface area (Å²) >= 11 is 2.64. The maximum Gasteiger partial charge on any atom is 0.321 e. The summed E-state index contributed by atoms with van der Waals surface area (Å²) in [5.74, 6) is 1.20. The van der Waals surface area contributed by atoms with E-state index < -0.39 is 0 Å². The number of aryl methyl sites for hydroxylation is 1. The SMILES string of the molecule is CNc1nc(OC)nc(Sc2nc(C)ns2)n1. The van der Waals surface area contributed by atoms with Crippen LogP contribution in [0.5, 0.6) is 6.01 Å². The van der Waals surface area contributed by atoms with Crippen LogP contribution in [-0.4, -0.2) is 38.5 Å². The van der Waals surface area contributed by atoms with Gasteiger partial charge in [0.2, 0.25) is 11.1 Å². The standard InChI is InChI=1S/C8H10N6OS2/c1-4-10-8(17-14-4)16-7-12-5(9-2)11-6(13-7)15-3/h1-3H3,(H,9,11,12,13). The maximum atomic E-state index is 4.99. The molecule has 2 heterocycles. The second-order valence-corrected chi connectivity index (χ2v) is 4.85. The first-order chi connectivity index (χ1) is 8.21. The van der Waals surface area contributed by atoms with E-state index >= 15 is 0 Å². The van der Waals surface area contributed by atoms with Crippen LogP contribution in [0.3, 0.4) is 0 Å². The van der Waals surface area contributed by atoms with Gasteiger partial charge in [-0.1, -0.05) is 0 Å². The summed E-state index contributed by atoms with van der Waals surface area (Å²) in [4.78, 5) is 16.6. The van der Waals surface area contributed by atoms with E-state index in [0.717, 1.165) is 10.2 Å². The van der Waals surface area contributed by atoms with E-state index in [0.29, 0.717) is 11.1 Å². The molecule has 0 saturated carbocycles. The van der Waals surface area contributed by atoms with Gasteiger partial charge in [0.1, 0.15) is 5.82 Å². The van der Waals surface area contributed by atoms with Crippen LogP contribution in [0.2, 0.25) is 0 Å². The summed E-state index contributed by atoms with van der Waals surface area (Å²) in [6.07, 6.45) is 0. The molecule has 7 nitrogen and oxygen atoms in total. The Balaban J connectivity index is 2.25. The fraction of sp³-hybridized carbons (Fsp3) is 0.375. The van der Waals surface area contributed by atoms with Crippen molar-refractivity contribution in [3.8, 4) is 6.01 Å². The fourth-order valence-electron chi connectivity index (χ4n) is 0.984. The van der Waals surface area contributed by atoms with Gasteiger partial charge in [-0.25, -0.2) is 4.98 Å². The van der Waals surface area contributed by atoms with Gasteiger partial charge in [0, 0.05) is 7.05 Å². The molecular weight excluding hydrogens is 260 g/mol.